The Morgan fingerprint density at radius 1 is 1.26 bits per heavy atom. The Kier molecular flexibility index (Phi) is 6.15. The molecule has 0 atom stereocenters. The smallest absolute Gasteiger partial charge is 0.276 e. The van der Waals surface area contributed by atoms with E-state index in [4.69, 9.17) is 16.3 Å². The monoisotopic (exact) mass is 284 g/mol. The third-order valence-electron chi connectivity index (χ3n) is 2.31. The highest BCUT2D eigenvalue weighted by Gasteiger charge is 2.06. The minimum atomic E-state index is -0.418. The zero-order valence-corrected chi connectivity index (χ0v) is 11.7. The maximum atomic E-state index is 11.4. The second-order valence-electron chi connectivity index (χ2n) is 4.04. The summed E-state index contributed by atoms with van der Waals surface area (Å²) in [5.41, 5.74) is 5.43. The Balaban J connectivity index is 2.36. The van der Waals surface area contributed by atoms with E-state index in [2.05, 4.69) is 10.9 Å². The first-order chi connectivity index (χ1) is 9.02. The summed E-state index contributed by atoms with van der Waals surface area (Å²) in [6.07, 6.45) is 1.10. The van der Waals surface area contributed by atoms with Crippen LogP contribution in [0.25, 0.3) is 0 Å². The summed E-state index contributed by atoms with van der Waals surface area (Å²) in [5, 5.41) is 0.612. The van der Waals surface area contributed by atoms with Gasteiger partial charge in [-0.25, -0.2) is 0 Å². The maximum Gasteiger partial charge on any atom is 0.276 e. The fourth-order valence-corrected chi connectivity index (χ4v) is 1.61. The fraction of sp³-hybridized carbons (Fsp3) is 0.385. The molecule has 0 fully saturated rings. The van der Waals surface area contributed by atoms with E-state index in [1.54, 1.807) is 18.2 Å². The van der Waals surface area contributed by atoms with Crippen molar-refractivity contribution in [3.8, 4) is 5.75 Å². The molecule has 0 radical (unpaired) electrons. The number of carbonyl (C=O) groups is 2. The summed E-state index contributed by atoms with van der Waals surface area (Å²) in [5.74, 6) is -0.0586. The van der Waals surface area contributed by atoms with Crippen molar-refractivity contribution in [1.29, 1.82) is 0 Å². The predicted octanol–water partition coefficient (Wildman–Crippen LogP) is 1.97. The van der Waals surface area contributed by atoms with Crippen molar-refractivity contribution in [2.24, 2.45) is 0 Å². The summed E-state index contributed by atoms with van der Waals surface area (Å²) in [4.78, 5) is 22.6. The van der Waals surface area contributed by atoms with Gasteiger partial charge in [0.05, 0.1) is 0 Å². The van der Waals surface area contributed by atoms with Gasteiger partial charge in [0.25, 0.3) is 5.91 Å². The quantitative estimate of drug-likeness (QED) is 0.813. The molecule has 2 N–H and O–H groups in total. The molecule has 0 aromatic heterocycles. The van der Waals surface area contributed by atoms with Crippen LogP contribution in [0.4, 0.5) is 0 Å². The van der Waals surface area contributed by atoms with Gasteiger partial charge in [-0.1, -0.05) is 18.5 Å². The molecule has 2 amide bonds. The topological polar surface area (TPSA) is 67.4 Å². The van der Waals surface area contributed by atoms with E-state index in [1.807, 2.05) is 13.8 Å². The lowest BCUT2D eigenvalue weighted by atomic mass is 10.2. The standard InChI is InChI=1S/C13H17ClN2O3/c1-3-4-12(17)15-16-13(18)8-19-11-6-5-10(14)7-9(11)2/h5-7H,3-4,8H2,1-2H3,(H,15,17)(H,16,18). The first kappa shape index (κ1) is 15.3. The van der Waals surface area contributed by atoms with Gasteiger partial charge in [-0.3, -0.25) is 20.4 Å². The van der Waals surface area contributed by atoms with Crippen molar-refractivity contribution >= 4 is 23.4 Å². The number of amides is 2. The number of hydrazine groups is 1. The molecule has 0 aliphatic carbocycles. The highest BCUT2D eigenvalue weighted by molar-refractivity contribution is 6.30. The zero-order chi connectivity index (χ0) is 14.3. The molecule has 0 bridgehead atoms. The first-order valence-electron chi connectivity index (χ1n) is 5.99. The van der Waals surface area contributed by atoms with E-state index in [0.29, 0.717) is 17.2 Å². The van der Waals surface area contributed by atoms with Crippen molar-refractivity contribution in [2.45, 2.75) is 26.7 Å². The maximum absolute atomic E-state index is 11.4. The molecule has 1 aromatic carbocycles. The molecule has 0 unspecified atom stereocenters. The van der Waals surface area contributed by atoms with Gasteiger partial charge in [0.15, 0.2) is 6.61 Å². The number of halogens is 1. The summed E-state index contributed by atoms with van der Waals surface area (Å²) in [6.45, 7) is 3.55. The van der Waals surface area contributed by atoms with Gasteiger partial charge >= 0.3 is 0 Å². The predicted molar refractivity (Wildman–Crippen MR) is 72.9 cm³/mol. The third kappa shape index (κ3) is 5.61. The number of benzene rings is 1. The van der Waals surface area contributed by atoms with Crippen molar-refractivity contribution in [3.05, 3.63) is 28.8 Å². The average molecular weight is 285 g/mol. The zero-order valence-electron chi connectivity index (χ0n) is 11.0. The SMILES string of the molecule is CCCC(=O)NNC(=O)COc1ccc(Cl)cc1C. The van der Waals surface area contributed by atoms with Gasteiger partial charge < -0.3 is 4.74 Å². The van der Waals surface area contributed by atoms with Crippen LogP contribution in [-0.4, -0.2) is 18.4 Å². The van der Waals surface area contributed by atoms with E-state index < -0.39 is 5.91 Å². The lowest BCUT2D eigenvalue weighted by Crippen LogP contribution is -2.43. The molecule has 19 heavy (non-hydrogen) atoms. The van der Waals surface area contributed by atoms with Gasteiger partial charge in [0.1, 0.15) is 5.75 Å². The molecule has 1 aromatic rings. The van der Waals surface area contributed by atoms with Crippen LogP contribution in [0.5, 0.6) is 5.75 Å². The normalized spacial score (nSPS) is 9.84. The van der Waals surface area contributed by atoms with Gasteiger partial charge in [-0.15, -0.1) is 0 Å². The minimum Gasteiger partial charge on any atom is -0.483 e. The molecule has 0 spiro atoms. The molecule has 0 heterocycles. The van der Waals surface area contributed by atoms with E-state index in [0.717, 1.165) is 12.0 Å². The summed E-state index contributed by atoms with van der Waals surface area (Å²) < 4.78 is 5.32. The van der Waals surface area contributed by atoms with Crippen molar-refractivity contribution < 1.29 is 14.3 Å². The summed E-state index contributed by atoms with van der Waals surface area (Å²) in [7, 11) is 0. The van der Waals surface area contributed by atoms with Crippen molar-refractivity contribution in [3.63, 3.8) is 0 Å². The molecule has 0 aliphatic heterocycles. The van der Waals surface area contributed by atoms with E-state index in [9.17, 15) is 9.59 Å². The molecule has 0 aliphatic rings. The molecule has 6 heteroatoms. The van der Waals surface area contributed by atoms with Crippen LogP contribution in [0.2, 0.25) is 5.02 Å². The van der Waals surface area contributed by atoms with E-state index in [-0.39, 0.29) is 12.5 Å². The van der Waals surface area contributed by atoms with Crippen LogP contribution in [0, 0.1) is 6.92 Å². The lowest BCUT2D eigenvalue weighted by molar-refractivity contribution is -0.130. The Labute approximate surface area is 117 Å². The highest BCUT2D eigenvalue weighted by Crippen LogP contribution is 2.21. The molecule has 1 rings (SSSR count). The second kappa shape index (κ2) is 7.63. The van der Waals surface area contributed by atoms with Crippen LogP contribution < -0.4 is 15.6 Å². The Morgan fingerprint density at radius 3 is 2.58 bits per heavy atom. The average Bonchev–Trinajstić information content (AvgIpc) is 2.35. The molecule has 5 nitrogen and oxygen atoms in total. The third-order valence-corrected chi connectivity index (χ3v) is 2.55. The molecule has 0 saturated carbocycles. The van der Waals surface area contributed by atoms with Gasteiger partial charge in [-0.2, -0.15) is 0 Å². The number of aryl methyl sites for hydroxylation is 1. The lowest BCUT2D eigenvalue weighted by Gasteiger charge is -2.10. The minimum absolute atomic E-state index is 0.172. The summed E-state index contributed by atoms with van der Waals surface area (Å²) in [6, 6.07) is 5.13. The van der Waals surface area contributed by atoms with E-state index >= 15 is 0 Å². The number of hydrogen-bond acceptors (Lipinski definition) is 3. The number of carbonyl (C=O) groups excluding carboxylic acids is 2. The van der Waals surface area contributed by atoms with Crippen LogP contribution in [0.15, 0.2) is 18.2 Å². The largest absolute Gasteiger partial charge is 0.483 e. The number of ether oxygens (including phenoxy) is 1. The van der Waals surface area contributed by atoms with Crippen LogP contribution in [-0.2, 0) is 9.59 Å². The number of nitrogens with one attached hydrogen (secondary N) is 2. The van der Waals surface area contributed by atoms with Gasteiger partial charge in [-0.05, 0) is 37.1 Å². The molecular formula is C13H17ClN2O3. The summed E-state index contributed by atoms with van der Waals surface area (Å²) >= 11 is 5.81. The Morgan fingerprint density at radius 2 is 1.95 bits per heavy atom. The first-order valence-corrected chi connectivity index (χ1v) is 6.37. The Bertz CT molecular complexity index is 463. The highest BCUT2D eigenvalue weighted by atomic mass is 35.5. The Hall–Kier alpha value is -1.75. The van der Waals surface area contributed by atoms with Crippen molar-refractivity contribution in [2.75, 3.05) is 6.61 Å². The number of rotatable bonds is 5. The van der Waals surface area contributed by atoms with E-state index in [1.165, 1.54) is 0 Å². The molecule has 104 valence electrons. The van der Waals surface area contributed by atoms with Crippen molar-refractivity contribution in [1.82, 2.24) is 10.9 Å². The van der Waals surface area contributed by atoms with Crippen LogP contribution in [0.3, 0.4) is 0 Å². The molecular weight excluding hydrogens is 268 g/mol. The van der Waals surface area contributed by atoms with Gasteiger partial charge in [0.2, 0.25) is 5.91 Å². The van der Waals surface area contributed by atoms with Crippen LogP contribution >= 0.6 is 11.6 Å². The number of hydrogen-bond donors (Lipinski definition) is 2. The second-order valence-corrected chi connectivity index (χ2v) is 4.48. The molecule has 0 saturated heterocycles. The van der Waals surface area contributed by atoms with Gasteiger partial charge in [0, 0.05) is 11.4 Å². The fourth-order valence-electron chi connectivity index (χ4n) is 1.38. The van der Waals surface area contributed by atoms with Crippen LogP contribution in [0.1, 0.15) is 25.3 Å².